The van der Waals surface area contributed by atoms with Gasteiger partial charge in [-0.15, -0.1) is 5.10 Å². The molecule has 0 saturated carbocycles. The van der Waals surface area contributed by atoms with E-state index < -0.39 is 0 Å². The van der Waals surface area contributed by atoms with Crippen molar-refractivity contribution in [2.45, 2.75) is 45.0 Å². The monoisotopic (exact) mass is 499 g/mol. The number of rotatable bonds is 7. The zero-order valence-corrected chi connectivity index (χ0v) is 21.2. The van der Waals surface area contributed by atoms with Crippen LogP contribution in [0.4, 0.5) is 0 Å². The number of aryl methyl sites for hydroxylation is 1. The Morgan fingerprint density at radius 3 is 2.70 bits per heavy atom. The number of hydrogen-bond donors (Lipinski definition) is 1. The molecule has 2 aliphatic heterocycles. The molecule has 0 unspecified atom stereocenters. The average Bonchev–Trinajstić information content (AvgIpc) is 3.60. The van der Waals surface area contributed by atoms with Crippen molar-refractivity contribution in [3.63, 3.8) is 0 Å². The maximum atomic E-state index is 13.5. The van der Waals surface area contributed by atoms with E-state index in [0.29, 0.717) is 17.9 Å². The van der Waals surface area contributed by atoms with Crippen LogP contribution in [0.1, 0.15) is 41.4 Å². The van der Waals surface area contributed by atoms with Gasteiger partial charge in [-0.3, -0.25) is 14.6 Å². The van der Waals surface area contributed by atoms with Crippen LogP contribution < -0.4 is 5.56 Å². The summed E-state index contributed by atoms with van der Waals surface area (Å²) in [5.41, 5.74) is 3.83. The molecule has 0 spiro atoms. The van der Waals surface area contributed by atoms with Crippen LogP contribution >= 0.6 is 0 Å². The zero-order valence-electron chi connectivity index (χ0n) is 21.2. The highest BCUT2D eigenvalue weighted by Crippen LogP contribution is 2.29. The van der Waals surface area contributed by atoms with Gasteiger partial charge in [0.25, 0.3) is 5.56 Å². The number of benzene rings is 2. The Morgan fingerprint density at radius 2 is 1.92 bits per heavy atom. The molecule has 4 aromatic rings. The molecule has 2 aliphatic rings. The number of aromatic amines is 1. The van der Waals surface area contributed by atoms with Crippen LogP contribution in [0, 0.1) is 6.92 Å². The van der Waals surface area contributed by atoms with E-state index in [0.717, 1.165) is 68.6 Å². The highest BCUT2D eigenvalue weighted by molar-refractivity contribution is 5.82. The maximum Gasteiger partial charge on any atom is 0.253 e. The third kappa shape index (κ3) is 5.07. The lowest BCUT2D eigenvalue weighted by molar-refractivity contribution is 0.0840. The van der Waals surface area contributed by atoms with Gasteiger partial charge < -0.3 is 9.72 Å². The molecule has 4 heterocycles. The van der Waals surface area contributed by atoms with Gasteiger partial charge in [0.2, 0.25) is 0 Å². The molecule has 6 rings (SSSR count). The molecule has 9 heteroatoms. The Hall–Kier alpha value is -3.40. The number of hydrogen-bond acceptors (Lipinski definition) is 7. The second-order valence-electron chi connectivity index (χ2n) is 10.1. The van der Waals surface area contributed by atoms with E-state index in [2.05, 4.69) is 60.6 Å². The van der Waals surface area contributed by atoms with Gasteiger partial charge in [0.05, 0.1) is 18.2 Å². The number of nitrogens with one attached hydrogen (secondary N) is 1. The number of pyridine rings is 1. The molecule has 0 bridgehead atoms. The van der Waals surface area contributed by atoms with E-state index in [9.17, 15) is 4.79 Å². The summed E-state index contributed by atoms with van der Waals surface area (Å²) in [5.74, 6) is 0.699. The number of para-hydroxylation sites is 1. The summed E-state index contributed by atoms with van der Waals surface area (Å²) in [6.45, 7) is 7.75. The summed E-state index contributed by atoms with van der Waals surface area (Å²) >= 11 is 0. The Labute approximate surface area is 216 Å². The van der Waals surface area contributed by atoms with Crippen molar-refractivity contribution in [2.75, 3.05) is 32.8 Å². The minimum atomic E-state index is -0.344. The number of nitrogens with zero attached hydrogens (tertiary/aromatic N) is 6. The number of fused-ring (bicyclic) bond motifs is 1. The normalized spacial score (nSPS) is 20.0. The summed E-state index contributed by atoms with van der Waals surface area (Å²) in [5, 5.41) is 13.9. The van der Waals surface area contributed by atoms with Crippen LogP contribution in [0.2, 0.25) is 0 Å². The Balaban J connectivity index is 1.33. The molecular formula is C28H33N7O2. The Bertz CT molecular complexity index is 1400. The smallest absolute Gasteiger partial charge is 0.253 e. The molecule has 37 heavy (non-hydrogen) atoms. The lowest BCUT2D eigenvalue weighted by Gasteiger charge is -2.38. The molecule has 0 amide bonds. The van der Waals surface area contributed by atoms with Crippen LogP contribution in [-0.2, 0) is 17.8 Å². The fraction of sp³-hybridized carbons (Fsp3) is 0.429. The molecule has 2 atom stereocenters. The zero-order chi connectivity index (χ0) is 25.2. The lowest BCUT2D eigenvalue weighted by Crippen LogP contribution is -2.48. The molecule has 2 saturated heterocycles. The standard InChI is InChI=1S/C28H33N7O2/c1-20-7-5-10-22-17-24(28(36)29-25(20)22)26(27-30-31-32-35(27)19-23-11-6-16-37-23)34-14-12-33(13-15-34)18-21-8-3-2-4-9-21/h2-5,7-10,17,23,26H,6,11-16,18-19H2,1H3,(H,29,36)/t23-,26+/m0/s1. The molecule has 9 nitrogen and oxygen atoms in total. The molecule has 2 aromatic carbocycles. The number of tetrazole rings is 1. The number of aromatic nitrogens is 5. The SMILES string of the molecule is Cc1cccc2cc([C@H](c3nnnn3C[C@@H]3CCCO3)N3CCN(Cc4ccccc4)CC3)c(=O)[nH]c12. The third-order valence-electron chi connectivity index (χ3n) is 7.64. The predicted octanol–water partition coefficient (Wildman–Crippen LogP) is 2.91. The molecule has 192 valence electrons. The fourth-order valence-corrected chi connectivity index (χ4v) is 5.64. The highest BCUT2D eigenvalue weighted by Gasteiger charge is 2.33. The van der Waals surface area contributed by atoms with Gasteiger partial charge in [0.1, 0.15) is 6.04 Å². The third-order valence-corrected chi connectivity index (χ3v) is 7.64. The first-order valence-electron chi connectivity index (χ1n) is 13.2. The van der Waals surface area contributed by atoms with Gasteiger partial charge in [0.15, 0.2) is 5.82 Å². The van der Waals surface area contributed by atoms with Crippen molar-refractivity contribution >= 4 is 10.9 Å². The van der Waals surface area contributed by atoms with E-state index >= 15 is 0 Å². The van der Waals surface area contributed by atoms with E-state index in [1.807, 2.05) is 35.9 Å². The molecule has 0 radical (unpaired) electrons. The van der Waals surface area contributed by atoms with E-state index in [1.54, 1.807) is 0 Å². The van der Waals surface area contributed by atoms with Crippen molar-refractivity contribution < 1.29 is 4.74 Å². The Morgan fingerprint density at radius 1 is 1.08 bits per heavy atom. The molecule has 1 N–H and O–H groups in total. The van der Waals surface area contributed by atoms with Crippen molar-refractivity contribution in [1.82, 2.24) is 35.0 Å². The summed E-state index contributed by atoms with van der Waals surface area (Å²) in [7, 11) is 0. The van der Waals surface area contributed by atoms with Crippen molar-refractivity contribution in [2.24, 2.45) is 0 Å². The highest BCUT2D eigenvalue weighted by atomic mass is 16.5. The molecule has 2 aromatic heterocycles. The van der Waals surface area contributed by atoms with Gasteiger partial charge in [0, 0.05) is 44.9 Å². The maximum absolute atomic E-state index is 13.5. The van der Waals surface area contributed by atoms with E-state index in [1.165, 1.54) is 5.56 Å². The van der Waals surface area contributed by atoms with Crippen LogP contribution in [0.3, 0.4) is 0 Å². The number of piperazine rings is 1. The molecule has 2 fully saturated rings. The van der Waals surface area contributed by atoms with E-state index in [4.69, 9.17) is 4.74 Å². The van der Waals surface area contributed by atoms with Gasteiger partial charge in [-0.05, 0) is 52.8 Å². The minimum Gasteiger partial charge on any atom is -0.376 e. The lowest BCUT2D eigenvalue weighted by atomic mass is 10.0. The summed E-state index contributed by atoms with van der Waals surface area (Å²) in [6.07, 6.45) is 2.15. The van der Waals surface area contributed by atoms with Crippen molar-refractivity contribution in [1.29, 1.82) is 0 Å². The van der Waals surface area contributed by atoms with Gasteiger partial charge in [-0.25, -0.2) is 4.68 Å². The fourth-order valence-electron chi connectivity index (χ4n) is 5.64. The Kier molecular flexibility index (Phi) is 6.82. The van der Waals surface area contributed by atoms with Crippen molar-refractivity contribution in [3.8, 4) is 0 Å². The number of H-pyrrole nitrogens is 1. The van der Waals surface area contributed by atoms with E-state index in [-0.39, 0.29) is 17.7 Å². The largest absolute Gasteiger partial charge is 0.376 e. The van der Waals surface area contributed by atoms with Crippen LogP contribution in [0.25, 0.3) is 10.9 Å². The minimum absolute atomic E-state index is 0.0924. The first-order chi connectivity index (χ1) is 18.2. The second-order valence-corrected chi connectivity index (χ2v) is 10.1. The topological polar surface area (TPSA) is 92.2 Å². The van der Waals surface area contributed by atoms with Crippen LogP contribution in [-0.4, -0.2) is 73.9 Å². The average molecular weight is 500 g/mol. The van der Waals surface area contributed by atoms with Crippen LogP contribution in [0.15, 0.2) is 59.4 Å². The van der Waals surface area contributed by atoms with Gasteiger partial charge >= 0.3 is 0 Å². The number of ether oxygens (including phenoxy) is 1. The summed E-state index contributed by atoms with van der Waals surface area (Å²) in [4.78, 5) is 21.5. The first kappa shape index (κ1) is 24.0. The predicted molar refractivity (Wildman–Crippen MR) is 141 cm³/mol. The second kappa shape index (κ2) is 10.5. The molecular weight excluding hydrogens is 466 g/mol. The molecule has 0 aliphatic carbocycles. The van der Waals surface area contributed by atoms with Gasteiger partial charge in [-0.1, -0.05) is 48.5 Å². The summed E-state index contributed by atoms with van der Waals surface area (Å²) < 4.78 is 7.72. The summed E-state index contributed by atoms with van der Waals surface area (Å²) in [6, 6.07) is 18.3. The van der Waals surface area contributed by atoms with Gasteiger partial charge in [-0.2, -0.15) is 0 Å². The quantitative estimate of drug-likeness (QED) is 0.418. The van der Waals surface area contributed by atoms with Crippen LogP contribution in [0.5, 0.6) is 0 Å². The van der Waals surface area contributed by atoms with Crippen molar-refractivity contribution in [3.05, 3.63) is 87.5 Å². The first-order valence-corrected chi connectivity index (χ1v) is 13.2.